The molecular formula is C13H29N3O. The highest BCUT2D eigenvalue weighted by molar-refractivity contribution is 5.84. The van der Waals surface area contributed by atoms with Crippen molar-refractivity contribution >= 4 is 5.91 Å². The lowest BCUT2D eigenvalue weighted by atomic mass is 10.00. The zero-order chi connectivity index (χ0) is 13.5. The van der Waals surface area contributed by atoms with Crippen LogP contribution in [0, 0.1) is 5.92 Å². The maximum absolute atomic E-state index is 11.5. The van der Waals surface area contributed by atoms with Gasteiger partial charge in [0.05, 0.1) is 0 Å². The number of rotatable bonds is 9. The minimum atomic E-state index is -0.623. The fraction of sp³-hybridized carbons (Fsp3) is 0.923. The van der Waals surface area contributed by atoms with E-state index in [0.717, 1.165) is 25.9 Å². The summed E-state index contributed by atoms with van der Waals surface area (Å²) in [6.07, 6.45) is 2.14. The molecule has 0 aromatic rings. The minimum Gasteiger partial charge on any atom is -0.368 e. The number of nitrogens with two attached hydrogens (primary N) is 1. The van der Waals surface area contributed by atoms with Crippen molar-refractivity contribution in [3.63, 3.8) is 0 Å². The summed E-state index contributed by atoms with van der Waals surface area (Å²) in [5.41, 5.74) is 4.86. The lowest BCUT2D eigenvalue weighted by Gasteiger charge is -2.32. The number of hydrogen-bond acceptors (Lipinski definition) is 3. The van der Waals surface area contributed by atoms with Crippen LogP contribution >= 0.6 is 0 Å². The largest absolute Gasteiger partial charge is 0.368 e. The number of nitrogens with zero attached hydrogens (tertiary/aromatic N) is 1. The summed E-state index contributed by atoms with van der Waals surface area (Å²) < 4.78 is 0. The molecule has 0 aliphatic carbocycles. The van der Waals surface area contributed by atoms with Crippen molar-refractivity contribution in [3.05, 3.63) is 0 Å². The molecule has 0 bridgehead atoms. The number of primary amides is 1. The molecule has 0 saturated heterocycles. The number of likely N-dealkylation sites (N-methyl/N-ethyl adjacent to an activating group) is 1. The highest BCUT2D eigenvalue weighted by Crippen LogP contribution is 2.08. The van der Waals surface area contributed by atoms with Gasteiger partial charge in [0.2, 0.25) is 5.91 Å². The van der Waals surface area contributed by atoms with Gasteiger partial charge in [0, 0.05) is 6.54 Å². The van der Waals surface area contributed by atoms with Gasteiger partial charge in [0.1, 0.15) is 5.54 Å². The van der Waals surface area contributed by atoms with Crippen LogP contribution in [0.3, 0.4) is 0 Å². The lowest BCUT2D eigenvalue weighted by Crippen LogP contribution is -2.59. The third-order valence-corrected chi connectivity index (χ3v) is 2.98. The van der Waals surface area contributed by atoms with Crippen molar-refractivity contribution in [2.45, 2.75) is 46.1 Å². The predicted molar refractivity (Wildman–Crippen MR) is 72.8 cm³/mol. The fourth-order valence-electron chi connectivity index (χ4n) is 1.72. The van der Waals surface area contributed by atoms with Crippen molar-refractivity contribution in [2.24, 2.45) is 11.7 Å². The van der Waals surface area contributed by atoms with Gasteiger partial charge in [-0.25, -0.2) is 0 Å². The first-order valence-electron chi connectivity index (χ1n) is 6.55. The van der Waals surface area contributed by atoms with Gasteiger partial charge in [-0.15, -0.1) is 0 Å². The van der Waals surface area contributed by atoms with Crippen molar-refractivity contribution in [3.8, 4) is 0 Å². The Bertz CT molecular complexity index is 231. The number of nitrogens with one attached hydrogen (secondary N) is 1. The number of carbonyl (C=O) groups excluding carboxylic acids is 1. The Balaban J connectivity index is 4.28. The molecule has 102 valence electrons. The zero-order valence-electron chi connectivity index (χ0n) is 12.0. The molecule has 1 atom stereocenters. The first-order chi connectivity index (χ1) is 7.81. The van der Waals surface area contributed by atoms with Gasteiger partial charge in [0.15, 0.2) is 0 Å². The van der Waals surface area contributed by atoms with Crippen LogP contribution in [0.5, 0.6) is 0 Å². The van der Waals surface area contributed by atoms with Gasteiger partial charge in [-0.05, 0) is 45.8 Å². The Kier molecular flexibility index (Phi) is 7.39. The van der Waals surface area contributed by atoms with Crippen molar-refractivity contribution < 1.29 is 4.79 Å². The second kappa shape index (κ2) is 7.67. The van der Waals surface area contributed by atoms with Crippen LogP contribution in [0.2, 0.25) is 0 Å². The highest BCUT2D eigenvalue weighted by Gasteiger charge is 2.31. The van der Waals surface area contributed by atoms with Crippen molar-refractivity contribution in [1.29, 1.82) is 0 Å². The Labute approximate surface area is 106 Å². The normalized spacial score (nSPS) is 15.2. The lowest BCUT2D eigenvalue weighted by molar-refractivity contribution is -0.124. The van der Waals surface area contributed by atoms with E-state index in [1.54, 1.807) is 0 Å². The molecule has 0 aromatic carbocycles. The van der Waals surface area contributed by atoms with Crippen LogP contribution in [0.25, 0.3) is 0 Å². The second-order valence-electron chi connectivity index (χ2n) is 5.54. The molecule has 0 heterocycles. The van der Waals surface area contributed by atoms with Crippen molar-refractivity contribution in [1.82, 2.24) is 10.2 Å². The highest BCUT2D eigenvalue weighted by atomic mass is 16.1. The third kappa shape index (κ3) is 6.64. The van der Waals surface area contributed by atoms with E-state index in [1.807, 2.05) is 14.0 Å². The van der Waals surface area contributed by atoms with Crippen LogP contribution in [0.4, 0.5) is 0 Å². The summed E-state index contributed by atoms with van der Waals surface area (Å²) >= 11 is 0. The molecule has 0 radical (unpaired) electrons. The van der Waals surface area contributed by atoms with E-state index in [9.17, 15) is 4.79 Å². The van der Waals surface area contributed by atoms with Crippen LogP contribution in [0.1, 0.15) is 40.5 Å². The van der Waals surface area contributed by atoms with Gasteiger partial charge in [-0.2, -0.15) is 0 Å². The maximum atomic E-state index is 11.5. The molecule has 0 saturated carbocycles. The van der Waals surface area contributed by atoms with Gasteiger partial charge >= 0.3 is 0 Å². The van der Waals surface area contributed by atoms with Crippen LogP contribution < -0.4 is 11.1 Å². The summed E-state index contributed by atoms with van der Waals surface area (Å²) in [6, 6.07) is 0. The second-order valence-corrected chi connectivity index (χ2v) is 5.54. The van der Waals surface area contributed by atoms with E-state index in [1.165, 1.54) is 0 Å². The summed E-state index contributed by atoms with van der Waals surface area (Å²) in [5, 5.41) is 3.25. The van der Waals surface area contributed by atoms with E-state index in [0.29, 0.717) is 12.5 Å². The summed E-state index contributed by atoms with van der Waals surface area (Å²) in [5.74, 6) is 0.406. The van der Waals surface area contributed by atoms with E-state index >= 15 is 0 Å². The van der Waals surface area contributed by atoms with Gasteiger partial charge in [0.25, 0.3) is 0 Å². The smallest absolute Gasteiger partial charge is 0.238 e. The predicted octanol–water partition coefficient (Wildman–Crippen LogP) is 1.21. The van der Waals surface area contributed by atoms with Crippen LogP contribution in [0.15, 0.2) is 0 Å². The molecule has 1 unspecified atom stereocenters. The SMILES string of the molecule is CCCNC(C)(CN(C)CCC(C)C)C(N)=O. The molecule has 0 aliphatic heterocycles. The van der Waals surface area contributed by atoms with Gasteiger partial charge in [-0.1, -0.05) is 20.8 Å². The molecule has 1 amide bonds. The molecule has 0 rings (SSSR count). The van der Waals surface area contributed by atoms with Crippen molar-refractivity contribution in [2.75, 3.05) is 26.7 Å². The maximum Gasteiger partial charge on any atom is 0.238 e. The molecule has 17 heavy (non-hydrogen) atoms. The van der Waals surface area contributed by atoms with Crippen LogP contribution in [-0.4, -0.2) is 43.0 Å². The molecule has 0 fully saturated rings. The van der Waals surface area contributed by atoms with Gasteiger partial charge < -0.3 is 16.0 Å². The number of amides is 1. The Morgan fingerprint density at radius 1 is 1.47 bits per heavy atom. The minimum absolute atomic E-state index is 0.276. The fourth-order valence-corrected chi connectivity index (χ4v) is 1.72. The summed E-state index contributed by atoms with van der Waals surface area (Å²) in [7, 11) is 2.04. The molecule has 0 spiro atoms. The zero-order valence-corrected chi connectivity index (χ0v) is 12.0. The average molecular weight is 243 g/mol. The molecule has 3 N–H and O–H groups in total. The monoisotopic (exact) mass is 243 g/mol. The van der Waals surface area contributed by atoms with E-state index in [2.05, 4.69) is 31.0 Å². The van der Waals surface area contributed by atoms with E-state index in [-0.39, 0.29) is 5.91 Å². The quantitative estimate of drug-likeness (QED) is 0.640. The third-order valence-electron chi connectivity index (χ3n) is 2.98. The Morgan fingerprint density at radius 3 is 2.47 bits per heavy atom. The molecule has 4 nitrogen and oxygen atoms in total. The summed E-state index contributed by atoms with van der Waals surface area (Å²) in [4.78, 5) is 13.7. The van der Waals surface area contributed by atoms with Crippen LogP contribution in [-0.2, 0) is 4.79 Å². The number of carbonyl (C=O) groups is 1. The topological polar surface area (TPSA) is 58.4 Å². The first-order valence-corrected chi connectivity index (χ1v) is 6.55. The number of hydrogen-bond donors (Lipinski definition) is 2. The molecule has 0 aromatic heterocycles. The molecule has 4 heteroatoms. The van der Waals surface area contributed by atoms with Gasteiger partial charge in [-0.3, -0.25) is 4.79 Å². The standard InChI is InChI=1S/C13H29N3O/c1-6-8-15-13(4,12(14)17)10-16(5)9-7-11(2)3/h11,15H,6-10H2,1-5H3,(H2,14,17). The molecular weight excluding hydrogens is 214 g/mol. The van der Waals surface area contributed by atoms with E-state index < -0.39 is 5.54 Å². The van der Waals surface area contributed by atoms with E-state index in [4.69, 9.17) is 5.73 Å². The first kappa shape index (κ1) is 16.4. The Morgan fingerprint density at radius 2 is 2.06 bits per heavy atom. The Hall–Kier alpha value is -0.610. The molecule has 0 aliphatic rings. The summed E-state index contributed by atoms with van der Waals surface area (Å²) in [6.45, 7) is 10.8. The average Bonchev–Trinajstić information content (AvgIpc) is 2.23.